The third-order valence-electron chi connectivity index (χ3n) is 3.02. The molecule has 1 aliphatic rings. The number of hydrogen-bond acceptors (Lipinski definition) is 2. The lowest BCUT2D eigenvalue weighted by Crippen LogP contribution is -2.28. The van der Waals surface area contributed by atoms with Crippen molar-refractivity contribution in [1.82, 2.24) is 0 Å². The highest BCUT2D eigenvalue weighted by Gasteiger charge is 2.19. The molecular formula is C19H32O2. The van der Waals surface area contributed by atoms with E-state index in [-0.39, 0.29) is 6.29 Å². The quantitative estimate of drug-likeness (QED) is 0.479. The van der Waals surface area contributed by atoms with Crippen molar-refractivity contribution in [3.8, 4) is 0 Å². The fourth-order valence-electron chi connectivity index (χ4n) is 2.12. The number of allylic oxidation sites excluding steroid dienone is 5. The van der Waals surface area contributed by atoms with Crippen LogP contribution in [0.5, 0.6) is 0 Å². The van der Waals surface area contributed by atoms with Crippen molar-refractivity contribution in [2.45, 2.75) is 59.4 Å². The molecule has 3 atom stereocenters. The second-order valence-corrected chi connectivity index (χ2v) is 5.53. The fourth-order valence-corrected chi connectivity index (χ4v) is 2.12. The highest BCUT2D eigenvalue weighted by molar-refractivity contribution is 5.19. The topological polar surface area (TPSA) is 18.5 Å². The van der Waals surface area contributed by atoms with Crippen molar-refractivity contribution in [3.05, 3.63) is 49.1 Å². The van der Waals surface area contributed by atoms with E-state index in [1.165, 1.54) is 12.0 Å². The van der Waals surface area contributed by atoms with Crippen LogP contribution in [0.1, 0.15) is 47.0 Å². The van der Waals surface area contributed by atoms with Gasteiger partial charge < -0.3 is 9.47 Å². The highest BCUT2D eigenvalue weighted by atomic mass is 16.7. The van der Waals surface area contributed by atoms with Crippen LogP contribution in [-0.4, -0.2) is 19.0 Å². The van der Waals surface area contributed by atoms with Gasteiger partial charge in [-0.05, 0) is 46.0 Å². The van der Waals surface area contributed by atoms with Crippen LogP contribution < -0.4 is 0 Å². The largest absolute Gasteiger partial charge is 0.352 e. The summed E-state index contributed by atoms with van der Waals surface area (Å²) in [5.41, 5.74) is 1.24. The first kappa shape index (κ1) is 19.9. The van der Waals surface area contributed by atoms with E-state index in [1.54, 1.807) is 12.2 Å². The molecule has 0 aromatic rings. The maximum Gasteiger partial charge on any atom is 0.157 e. The Hall–Kier alpha value is -1.12. The van der Waals surface area contributed by atoms with Crippen molar-refractivity contribution in [3.63, 3.8) is 0 Å². The van der Waals surface area contributed by atoms with Gasteiger partial charge in [-0.2, -0.15) is 0 Å². The Morgan fingerprint density at radius 3 is 2.62 bits per heavy atom. The smallest absolute Gasteiger partial charge is 0.157 e. The van der Waals surface area contributed by atoms with E-state index in [4.69, 9.17) is 9.47 Å². The van der Waals surface area contributed by atoms with E-state index in [0.717, 1.165) is 19.4 Å². The van der Waals surface area contributed by atoms with Crippen molar-refractivity contribution in [2.24, 2.45) is 5.92 Å². The molecule has 0 radical (unpaired) electrons. The second kappa shape index (κ2) is 12.6. The van der Waals surface area contributed by atoms with Gasteiger partial charge in [0.1, 0.15) is 0 Å². The lowest BCUT2D eigenvalue weighted by Gasteiger charge is -2.28. The maximum absolute atomic E-state index is 5.81. The summed E-state index contributed by atoms with van der Waals surface area (Å²) in [6, 6.07) is 0. The van der Waals surface area contributed by atoms with Crippen LogP contribution in [0.25, 0.3) is 0 Å². The molecule has 21 heavy (non-hydrogen) atoms. The molecule has 1 fully saturated rings. The molecule has 0 amide bonds. The number of ether oxygens (including phenoxy) is 2. The molecule has 1 aliphatic heterocycles. The molecule has 120 valence electrons. The molecule has 2 nitrogen and oxygen atoms in total. The van der Waals surface area contributed by atoms with Gasteiger partial charge in [-0.15, -0.1) is 6.58 Å². The van der Waals surface area contributed by atoms with Gasteiger partial charge in [0.15, 0.2) is 6.29 Å². The summed E-state index contributed by atoms with van der Waals surface area (Å²) in [5.74, 6) is 0.403. The molecule has 2 heteroatoms. The average molecular weight is 292 g/mol. The first-order valence-corrected chi connectivity index (χ1v) is 7.85. The Balaban J connectivity index is 0.00000122. The van der Waals surface area contributed by atoms with Gasteiger partial charge in [0.25, 0.3) is 0 Å². The maximum atomic E-state index is 5.81. The van der Waals surface area contributed by atoms with E-state index in [1.807, 2.05) is 13.0 Å². The molecular weight excluding hydrogens is 260 g/mol. The molecule has 0 bridgehead atoms. The molecule has 0 saturated carbocycles. The summed E-state index contributed by atoms with van der Waals surface area (Å²) in [6.07, 6.45) is 13.5. The SMILES string of the molecule is C=C/C=C/C(C)=C/[C@@H](C)COC1CCCC(C)O1.C=CC. The van der Waals surface area contributed by atoms with Crippen molar-refractivity contribution < 1.29 is 9.47 Å². The minimum absolute atomic E-state index is 0.00590. The molecule has 0 N–H and O–H groups in total. The minimum Gasteiger partial charge on any atom is -0.352 e. The van der Waals surface area contributed by atoms with Crippen LogP contribution in [0.2, 0.25) is 0 Å². The van der Waals surface area contributed by atoms with Crippen molar-refractivity contribution >= 4 is 0 Å². The van der Waals surface area contributed by atoms with Crippen LogP contribution >= 0.6 is 0 Å². The van der Waals surface area contributed by atoms with Crippen LogP contribution in [0, 0.1) is 5.92 Å². The van der Waals surface area contributed by atoms with Crippen LogP contribution in [0.15, 0.2) is 49.1 Å². The molecule has 1 rings (SSSR count). The van der Waals surface area contributed by atoms with Gasteiger partial charge in [-0.1, -0.05) is 49.5 Å². The molecule has 0 spiro atoms. The van der Waals surface area contributed by atoms with Gasteiger partial charge in [0.05, 0.1) is 12.7 Å². The van der Waals surface area contributed by atoms with E-state index in [9.17, 15) is 0 Å². The predicted octanol–water partition coefficient (Wildman–Crippen LogP) is 5.44. The Labute approximate surface area is 131 Å². The highest BCUT2D eigenvalue weighted by Crippen LogP contribution is 2.20. The molecule has 2 unspecified atom stereocenters. The summed E-state index contributed by atoms with van der Waals surface area (Å²) in [4.78, 5) is 0. The number of rotatable bonds is 6. The molecule has 0 aliphatic carbocycles. The lowest BCUT2D eigenvalue weighted by atomic mass is 10.1. The number of hydrogen-bond donors (Lipinski definition) is 0. The second-order valence-electron chi connectivity index (χ2n) is 5.53. The lowest BCUT2D eigenvalue weighted by molar-refractivity contribution is -0.192. The Bertz CT molecular complexity index is 341. The summed E-state index contributed by atoms with van der Waals surface area (Å²) in [7, 11) is 0. The van der Waals surface area contributed by atoms with Gasteiger partial charge >= 0.3 is 0 Å². The normalized spacial score (nSPS) is 24.1. The zero-order valence-corrected chi connectivity index (χ0v) is 14.2. The fraction of sp³-hybridized carbons (Fsp3) is 0.579. The Morgan fingerprint density at radius 2 is 2.05 bits per heavy atom. The van der Waals surface area contributed by atoms with Gasteiger partial charge in [0, 0.05) is 0 Å². The van der Waals surface area contributed by atoms with Crippen LogP contribution in [0.3, 0.4) is 0 Å². The van der Waals surface area contributed by atoms with Crippen LogP contribution in [-0.2, 0) is 9.47 Å². The van der Waals surface area contributed by atoms with Gasteiger partial charge in [-0.25, -0.2) is 0 Å². The third kappa shape index (κ3) is 11.2. The average Bonchev–Trinajstić information content (AvgIpc) is 2.44. The molecule has 1 heterocycles. The standard InChI is InChI=1S/C16H26O2.C3H6/c1-5-6-8-13(2)11-14(3)12-17-16-10-7-9-15(4)18-16;1-3-2/h5-6,8,11,14-16H,1,7,9-10,12H2,2-4H3;3H,1H2,2H3/b8-6+,13-11+;/t14-,15?,16?;/m1./s1. The monoisotopic (exact) mass is 292 g/mol. The summed E-state index contributed by atoms with van der Waals surface area (Å²) in [5, 5.41) is 0. The summed E-state index contributed by atoms with van der Waals surface area (Å²) < 4.78 is 11.5. The van der Waals surface area contributed by atoms with E-state index in [2.05, 4.69) is 46.1 Å². The van der Waals surface area contributed by atoms with Crippen molar-refractivity contribution in [2.75, 3.05) is 6.61 Å². The van der Waals surface area contributed by atoms with Gasteiger partial charge in [0.2, 0.25) is 0 Å². The zero-order valence-electron chi connectivity index (χ0n) is 14.2. The minimum atomic E-state index is -0.00590. The summed E-state index contributed by atoms with van der Waals surface area (Å²) in [6.45, 7) is 16.0. The predicted molar refractivity (Wildman–Crippen MR) is 92.3 cm³/mol. The summed E-state index contributed by atoms with van der Waals surface area (Å²) >= 11 is 0. The van der Waals surface area contributed by atoms with E-state index < -0.39 is 0 Å². The molecule has 1 saturated heterocycles. The Kier molecular flexibility index (Phi) is 11.9. The first-order chi connectivity index (χ1) is 10.0. The van der Waals surface area contributed by atoms with Gasteiger partial charge in [-0.3, -0.25) is 0 Å². The molecule has 0 aromatic heterocycles. The Morgan fingerprint density at radius 1 is 1.38 bits per heavy atom. The first-order valence-electron chi connectivity index (χ1n) is 7.85. The zero-order chi connectivity index (χ0) is 16.1. The van der Waals surface area contributed by atoms with Crippen LogP contribution in [0.4, 0.5) is 0 Å². The van der Waals surface area contributed by atoms with Crippen molar-refractivity contribution in [1.29, 1.82) is 0 Å². The third-order valence-corrected chi connectivity index (χ3v) is 3.02. The van der Waals surface area contributed by atoms with E-state index in [0.29, 0.717) is 12.0 Å². The molecule has 0 aromatic carbocycles. The van der Waals surface area contributed by atoms with E-state index >= 15 is 0 Å².